The van der Waals surface area contributed by atoms with Crippen LogP contribution in [0.3, 0.4) is 0 Å². The normalized spacial score (nSPS) is 9.96. The molecule has 0 atom stereocenters. The lowest BCUT2D eigenvalue weighted by molar-refractivity contribution is -0.150. The van der Waals surface area contributed by atoms with E-state index in [0.717, 1.165) is 4.47 Å². The standard InChI is InChI=1S/C15H12BrNO5S/c16-10-3-1-4-11(7-10)21-9-14(19)22-8-13(18)17-15(20)12-5-2-6-23-12/h1-7H,8-9H2,(H,17,18,20). The summed E-state index contributed by atoms with van der Waals surface area (Å²) >= 11 is 4.49. The Morgan fingerprint density at radius 1 is 1.13 bits per heavy atom. The molecule has 0 bridgehead atoms. The highest BCUT2D eigenvalue weighted by Crippen LogP contribution is 2.17. The largest absolute Gasteiger partial charge is 0.482 e. The van der Waals surface area contributed by atoms with Crippen molar-refractivity contribution < 1.29 is 23.9 Å². The van der Waals surface area contributed by atoms with Gasteiger partial charge in [0.05, 0.1) is 4.88 Å². The van der Waals surface area contributed by atoms with Crippen molar-refractivity contribution >= 4 is 45.1 Å². The van der Waals surface area contributed by atoms with Crippen LogP contribution < -0.4 is 10.1 Å². The monoisotopic (exact) mass is 397 g/mol. The lowest BCUT2D eigenvalue weighted by Crippen LogP contribution is -2.34. The van der Waals surface area contributed by atoms with Gasteiger partial charge in [-0.05, 0) is 29.6 Å². The number of hydrogen-bond donors (Lipinski definition) is 1. The minimum Gasteiger partial charge on any atom is -0.482 e. The Morgan fingerprint density at radius 2 is 1.96 bits per heavy atom. The number of nitrogens with one attached hydrogen (secondary N) is 1. The molecule has 0 unspecified atom stereocenters. The maximum Gasteiger partial charge on any atom is 0.344 e. The molecule has 0 saturated carbocycles. The molecule has 1 aromatic carbocycles. The van der Waals surface area contributed by atoms with Gasteiger partial charge in [0.15, 0.2) is 13.2 Å². The second-order valence-corrected chi connectivity index (χ2v) is 6.12. The van der Waals surface area contributed by atoms with E-state index in [1.807, 2.05) is 6.07 Å². The van der Waals surface area contributed by atoms with Crippen LogP contribution >= 0.6 is 27.3 Å². The number of imide groups is 1. The number of esters is 1. The van der Waals surface area contributed by atoms with Crippen molar-refractivity contribution in [3.63, 3.8) is 0 Å². The van der Waals surface area contributed by atoms with Gasteiger partial charge in [-0.1, -0.05) is 28.1 Å². The van der Waals surface area contributed by atoms with E-state index in [0.29, 0.717) is 10.6 Å². The zero-order chi connectivity index (χ0) is 16.7. The summed E-state index contributed by atoms with van der Waals surface area (Å²) in [6.07, 6.45) is 0. The van der Waals surface area contributed by atoms with E-state index in [9.17, 15) is 14.4 Å². The zero-order valence-corrected chi connectivity index (χ0v) is 14.2. The molecule has 2 rings (SSSR count). The lowest BCUT2D eigenvalue weighted by atomic mass is 10.3. The van der Waals surface area contributed by atoms with Crippen LogP contribution in [0.4, 0.5) is 0 Å². The number of thiophene rings is 1. The lowest BCUT2D eigenvalue weighted by Gasteiger charge is -2.07. The molecule has 23 heavy (non-hydrogen) atoms. The molecule has 0 fully saturated rings. The molecule has 120 valence electrons. The van der Waals surface area contributed by atoms with E-state index in [-0.39, 0.29) is 6.61 Å². The molecule has 1 heterocycles. The van der Waals surface area contributed by atoms with Gasteiger partial charge in [-0.15, -0.1) is 11.3 Å². The number of ether oxygens (including phenoxy) is 2. The SMILES string of the molecule is O=C(COC(=O)COc1cccc(Br)c1)NC(=O)c1cccs1. The molecule has 2 amide bonds. The maximum absolute atomic E-state index is 11.6. The van der Waals surface area contributed by atoms with Crippen molar-refractivity contribution in [1.82, 2.24) is 5.32 Å². The molecule has 1 N–H and O–H groups in total. The summed E-state index contributed by atoms with van der Waals surface area (Å²) < 4.78 is 10.8. The number of rotatable bonds is 6. The number of hydrogen-bond acceptors (Lipinski definition) is 6. The molecule has 0 saturated heterocycles. The van der Waals surface area contributed by atoms with Crippen molar-refractivity contribution in [2.75, 3.05) is 13.2 Å². The van der Waals surface area contributed by atoms with Crippen molar-refractivity contribution in [3.05, 3.63) is 51.1 Å². The first-order valence-electron chi connectivity index (χ1n) is 6.46. The zero-order valence-electron chi connectivity index (χ0n) is 11.8. The first kappa shape index (κ1) is 17.2. The van der Waals surface area contributed by atoms with Crippen molar-refractivity contribution in [3.8, 4) is 5.75 Å². The minimum absolute atomic E-state index is 0.331. The topological polar surface area (TPSA) is 81.7 Å². The summed E-state index contributed by atoms with van der Waals surface area (Å²) in [5.41, 5.74) is 0. The summed E-state index contributed by atoms with van der Waals surface area (Å²) in [6.45, 7) is -0.875. The highest BCUT2D eigenvalue weighted by atomic mass is 79.9. The summed E-state index contributed by atoms with van der Waals surface area (Å²) in [7, 11) is 0. The van der Waals surface area contributed by atoms with Gasteiger partial charge in [-0.2, -0.15) is 0 Å². The third-order valence-electron chi connectivity index (χ3n) is 2.51. The fourth-order valence-corrected chi connectivity index (χ4v) is 2.52. The average Bonchev–Trinajstić information content (AvgIpc) is 3.05. The van der Waals surface area contributed by atoms with Gasteiger partial charge in [-0.3, -0.25) is 14.9 Å². The molecule has 2 aromatic rings. The summed E-state index contributed by atoms with van der Waals surface area (Å²) in [5, 5.41) is 3.85. The van der Waals surface area contributed by atoms with E-state index in [1.165, 1.54) is 11.3 Å². The van der Waals surface area contributed by atoms with Crippen LogP contribution in [0.2, 0.25) is 0 Å². The van der Waals surface area contributed by atoms with E-state index >= 15 is 0 Å². The summed E-state index contributed by atoms with van der Waals surface area (Å²) in [6, 6.07) is 10.2. The van der Waals surface area contributed by atoms with Crippen LogP contribution in [-0.4, -0.2) is 31.0 Å². The fourth-order valence-electron chi connectivity index (χ4n) is 1.52. The quantitative estimate of drug-likeness (QED) is 0.756. The van der Waals surface area contributed by atoms with Crippen LogP contribution in [0.5, 0.6) is 5.75 Å². The van der Waals surface area contributed by atoms with Gasteiger partial charge in [0.25, 0.3) is 11.8 Å². The Morgan fingerprint density at radius 3 is 2.65 bits per heavy atom. The second-order valence-electron chi connectivity index (χ2n) is 4.26. The first-order valence-corrected chi connectivity index (χ1v) is 8.13. The van der Waals surface area contributed by atoms with Crippen molar-refractivity contribution in [1.29, 1.82) is 0 Å². The first-order chi connectivity index (χ1) is 11.0. The van der Waals surface area contributed by atoms with Gasteiger partial charge >= 0.3 is 5.97 Å². The van der Waals surface area contributed by atoms with Crippen LogP contribution in [0.1, 0.15) is 9.67 Å². The van der Waals surface area contributed by atoms with E-state index in [1.54, 1.807) is 35.7 Å². The Bertz CT molecular complexity index is 702. The van der Waals surface area contributed by atoms with Crippen molar-refractivity contribution in [2.24, 2.45) is 0 Å². The number of carbonyl (C=O) groups excluding carboxylic acids is 3. The third kappa shape index (κ3) is 5.84. The minimum atomic E-state index is -0.705. The van der Waals surface area contributed by atoms with Gasteiger partial charge in [0.2, 0.25) is 0 Å². The Labute approximate surface area is 144 Å². The third-order valence-corrected chi connectivity index (χ3v) is 3.88. The van der Waals surface area contributed by atoms with E-state index < -0.39 is 24.4 Å². The Balaban J connectivity index is 1.69. The predicted octanol–water partition coefficient (Wildman–Crippen LogP) is 2.39. The molecule has 0 aliphatic rings. The van der Waals surface area contributed by atoms with Crippen LogP contribution in [0.15, 0.2) is 46.3 Å². The molecule has 0 spiro atoms. The van der Waals surface area contributed by atoms with Crippen LogP contribution in [-0.2, 0) is 14.3 Å². The van der Waals surface area contributed by atoms with Gasteiger partial charge in [0.1, 0.15) is 5.75 Å². The van der Waals surface area contributed by atoms with Gasteiger partial charge in [-0.25, -0.2) is 4.79 Å². The number of benzene rings is 1. The maximum atomic E-state index is 11.6. The molecule has 8 heteroatoms. The molecule has 0 aliphatic heterocycles. The van der Waals surface area contributed by atoms with Gasteiger partial charge < -0.3 is 9.47 Å². The molecule has 0 aliphatic carbocycles. The van der Waals surface area contributed by atoms with E-state index in [4.69, 9.17) is 9.47 Å². The van der Waals surface area contributed by atoms with Gasteiger partial charge in [0, 0.05) is 4.47 Å². The highest BCUT2D eigenvalue weighted by Gasteiger charge is 2.13. The van der Waals surface area contributed by atoms with E-state index in [2.05, 4.69) is 21.2 Å². The highest BCUT2D eigenvalue weighted by molar-refractivity contribution is 9.10. The number of amides is 2. The summed E-state index contributed by atoms with van der Waals surface area (Å²) in [5.74, 6) is -1.43. The molecular weight excluding hydrogens is 386 g/mol. The summed E-state index contributed by atoms with van der Waals surface area (Å²) in [4.78, 5) is 35.0. The number of halogens is 1. The molecular formula is C15H12BrNO5S. The van der Waals surface area contributed by atoms with Crippen LogP contribution in [0.25, 0.3) is 0 Å². The molecule has 6 nitrogen and oxygen atoms in total. The predicted molar refractivity (Wildman–Crippen MR) is 87.4 cm³/mol. The molecule has 0 radical (unpaired) electrons. The average molecular weight is 398 g/mol. The molecule has 1 aromatic heterocycles. The fraction of sp³-hybridized carbons (Fsp3) is 0.133. The Hall–Kier alpha value is -2.19. The second kappa shape index (κ2) is 8.44. The van der Waals surface area contributed by atoms with Crippen LogP contribution in [0, 0.1) is 0 Å². The smallest absolute Gasteiger partial charge is 0.344 e. The number of carbonyl (C=O) groups is 3. The van der Waals surface area contributed by atoms with Crippen molar-refractivity contribution in [2.45, 2.75) is 0 Å². The Kier molecular flexibility index (Phi) is 6.30.